The average molecular weight is 337 g/mol. The van der Waals surface area contributed by atoms with E-state index in [9.17, 15) is 9.59 Å². The van der Waals surface area contributed by atoms with Crippen LogP contribution in [0.4, 0.5) is 4.79 Å². The maximum atomic E-state index is 12.2. The Hall–Kier alpha value is -1.36. The summed E-state index contributed by atoms with van der Waals surface area (Å²) in [5.74, 6) is -0.000345. The van der Waals surface area contributed by atoms with Gasteiger partial charge in [-0.3, -0.25) is 9.69 Å². The highest BCUT2D eigenvalue weighted by Crippen LogP contribution is 2.27. The van der Waals surface area contributed by atoms with Crippen LogP contribution < -0.4 is 0 Å². The Labute approximate surface area is 126 Å². The predicted octanol–water partition coefficient (Wildman–Crippen LogP) is 2.81. The summed E-state index contributed by atoms with van der Waals surface area (Å²) in [6.07, 6.45) is 3.45. The summed E-state index contributed by atoms with van der Waals surface area (Å²) in [6.45, 7) is 1.25. The third kappa shape index (κ3) is 2.35. The molecule has 0 bridgehead atoms. The molecule has 1 aromatic rings. The van der Waals surface area contributed by atoms with E-state index < -0.39 is 0 Å². The Bertz CT molecular complexity index is 524. The van der Waals surface area contributed by atoms with Crippen LogP contribution in [-0.4, -0.2) is 40.9 Å². The summed E-state index contributed by atoms with van der Waals surface area (Å²) in [5.41, 5.74) is 1.21. The molecule has 4 nitrogen and oxygen atoms in total. The molecule has 0 aliphatic carbocycles. The van der Waals surface area contributed by atoms with Crippen molar-refractivity contribution in [3.8, 4) is 0 Å². The van der Waals surface area contributed by atoms with Crippen molar-refractivity contribution < 1.29 is 9.59 Å². The van der Waals surface area contributed by atoms with E-state index in [1.165, 1.54) is 10.5 Å². The number of imide groups is 1. The number of hydrogen-bond acceptors (Lipinski definition) is 2. The molecule has 0 radical (unpaired) electrons. The molecule has 3 amide bonds. The van der Waals surface area contributed by atoms with Crippen molar-refractivity contribution in [2.45, 2.75) is 31.7 Å². The zero-order chi connectivity index (χ0) is 14.1. The lowest BCUT2D eigenvalue weighted by molar-refractivity contribution is -0.128. The number of amides is 3. The Kier molecular flexibility index (Phi) is 3.78. The van der Waals surface area contributed by atoms with E-state index in [0.717, 1.165) is 36.7 Å². The topological polar surface area (TPSA) is 40.6 Å². The highest BCUT2D eigenvalue weighted by atomic mass is 79.9. The fourth-order valence-corrected chi connectivity index (χ4v) is 3.50. The van der Waals surface area contributed by atoms with Gasteiger partial charge >= 0.3 is 6.03 Å². The summed E-state index contributed by atoms with van der Waals surface area (Å²) in [5, 5.41) is 0. The first-order valence-electron chi connectivity index (χ1n) is 7.04. The van der Waals surface area contributed by atoms with Crippen molar-refractivity contribution in [3.05, 3.63) is 34.3 Å². The SMILES string of the molecule is O=C1[C@@H]2CCCN2C(=O)N1CCCc1ccccc1Br. The molecule has 2 aliphatic heterocycles. The van der Waals surface area contributed by atoms with Gasteiger partial charge in [-0.1, -0.05) is 34.1 Å². The van der Waals surface area contributed by atoms with Gasteiger partial charge in [-0.15, -0.1) is 0 Å². The Morgan fingerprint density at radius 3 is 2.80 bits per heavy atom. The van der Waals surface area contributed by atoms with Gasteiger partial charge in [0.15, 0.2) is 0 Å². The van der Waals surface area contributed by atoms with Crippen molar-refractivity contribution in [1.82, 2.24) is 9.80 Å². The predicted molar refractivity (Wildman–Crippen MR) is 79.3 cm³/mol. The van der Waals surface area contributed by atoms with Crippen LogP contribution in [0.15, 0.2) is 28.7 Å². The van der Waals surface area contributed by atoms with E-state index in [4.69, 9.17) is 0 Å². The molecule has 0 N–H and O–H groups in total. The van der Waals surface area contributed by atoms with Crippen LogP contribution in [0.3, 0.4) is 0 Å². The second kappa shape index (κ2) is 5.56. The normalized spacial score (nSPS) is 21.8. The second-order valence-corrected chi connectivity index (χ2v) is 6.17. The average Bonchev–Trinajstić information content (AvgIpc) is 3.00. The van der Waals surface area contributed by atoms with Gasteiger partial charge in [0.05, 0.1) is 0 Å². The fraction of sp³-hybridized carbons (Fsp3) is 0.467. The summed E-state index contributed by atoms with van der Waals surface area (Å²) >= 11 is 3.52. The molecule has 5 heteroatoms. The van der Waals surface area contributed by atoms with Gasteiger partial charge in [0.25, 0.3) is 5.91 Å². The van der Waals surface area contributed by atoms with Crippen LogP contribution in [0.1, 0.15) is 24.8 Å². The maximum absolute atomic E-state index is 12.2. The van der Waals surface area contributed by atoms with Gasteiger partial charge in [0.1, 0.15) is 6.04 Å². The van der Waals surface area contributed by atoms with E-state index in [0.29, 0.717) is 6.54 Å². The maximum Gasteiger partial charge on any atom is 0.327 e. The number of aryl methyl sites for hydroxylation is 1. The molecule has 0 saturated carbocycles. The van der Waals surface area contributed by atoms with Crippen molar-refractivity contribution in [1.29, 1.82) is 0 Å². The zero-order valence-corrected chi connectivity index (χ0v) is 12.8. The number of rotatable bonds is 4. The van der Waals surface area contributed by atoms with E-state index in [1.807, 2.05) is 18.2 Å². The van der Waals surface area contributed by atoms with Crippen molar-refractivity contribution in [2.24, 2.45) is 0 Å². The number of carbonyl (C=O) groups excluding carboxylic acids is 2. The van der Waals surface area contributed by atoms with Crippen LogP contribution in [0.2, 0.25) is 0 Å². The first-order chi connectivity index (χ1) is 9.68. The molecule has 0 spiro atoms. The molecule has 2 aliphatic rings. The summed E-state index contributed by atoms with van der Waals surface area (Å²) in [4.78, 5) is 27.4. The summed E-state index contributed by atoms with van der Waals surface area (Å²) < 4.78 is 1.08. The van der Waals surface area contributed by atoms with Crippen LogP contribution in [0, 0.1) is 0 Å². The van der Waals surface area contributed by atoms with Gasteiger partial charge in [0.2, 0.25) is 0 Å². The van der Waals surface area contributed by atoms with Crippen LogP contribution >= 0.6 is 15.9 Å². The van der Waals surface area contributed by atoms with Gasteiger partial charge < -0.3 is 4.90 Å². The van der Waals surface area contributed by atoms with Crippen LogP contribution in [0.25, 0.3) is 0 Å². The van der Waals surface area contributed by atoms with Crippen LogP contribution in [-0.2, 0) is 11.2 Å². The second-order valence-electron chi connectivity index (χ2n) is 5.32. The lowest BCUT2D eigenvalue weighted by Gasteiger charge is -2.15. The standard InChI is InChI=1S/C15H17BrN2O2/c16-12-7-2-1-5-11(12)6-3-10-18-14(19)13-8-4-9-17(13)15(18)20/h1-2,5,7,13H,3-4,6,8-10H2/t13-/m0/s1. The minimum Gasteiger partial charge on any atom is -0.312 e. The number of nitrogens with zero attached hydrogens (tertiary/aromatic N) is 2. The largest absolute Gasteiger partial charge is 0.327 e. The highest BCUT2D eigenvalue weighted by Gasteiger charge is 2.46. The van der Waals surface area contributed by atoms with Crippen LogP contribution in [0.5, 0.6) is 0 Å². The van der Waals surface area contributed by atoms with Crippen molar-refractivity contribution in [2.75, 3.05) is 13.1 Å². The van der Waals surface area contributed by atoms with E-state index in [-0.39, 0.29) is 18.0 Å². The summed E-state index contributed by atoms with van der Waals surface area (Å²) in [7, 11) is 0. The molecule has 0 aromatic heterocycles. The Balaban J connectivity index is 1.58. The lowest BCUT2D eigenvalue weighted by Crippen LogP contribution is -2.34. The number of carbonyl (C=O) groups is 2. The minimum absolute atomic E-state index is 0.000345. The van der Waals surface area contributed by atoms with E-state index in [2.05, 4.69) is 22.0 Å². The first kappa shape index (κ1) is 13.6. The molecule has 2 fully saturated rings. The fourth-order valence-electron chi connectivity index (χ4n) is 3.02. The molecule has 3 rings (SSSR count). The number of hydrogen-bond donors (Lipinski definition) is 0. The van der Waals surface area contributed by atoms with Crippen molar-refractivity contribution >= 4 is 27.9 Å². The zero-order valence-electron chi connectivity index (χ0n) is 11.2. The van der Waals surface area contributed by atoms with E-state index in [1.54, 1.807) is 4.90 Å². The lowest BCUT2D eigenvalue weighted by atomic mass is 10.1. The van der Waals surface area contributed by atoms with Crippen molar-refractivity contribution in [3.63, 3.8) is 0 Å². The number of benzene rings is 1. The molecule has 106 valence electrons. The van der Waals surface area contributed by atoms with E-state index >= 15 is 0 Å². The molecule has 1 atom stereocenters. The monoisotopic (exact) mass is 336 g/mol. The molecule has 20 heavy (non-hydrogen) atoms. The molecule has 0 unspecified atom stereocenters. The van der Waals surface area contributed by atoms with Gasteiger partial charge in [-0.25, -0.2) is 4.79 Å². The summed E-state index contributed by atoms with van der Waals surface area (Å²) in [6, 6.07) is 7.79. The smallest absolute Gasteiger partial charge is 0.312 e. The quantitative estimate of drug-likeness (QED) is 0.793. The molecule has 1 aromatic carbocycles. The third-order valence-electron chi connectivity index (χ3n) is 4.07. The van der Waals surface area contributed by atoms with Gasteiger partial charge in [-0.2, -0.15) is 0 Å². The molecular weight excluding hydrogens is 320 g/mol. The number of halogens is 1. The van der Waals surface area contributed by atoms with Gasteiger partial charge in [-0.05, 0) is 37.3 Å². The number of urea groups is 1. The Morgan fingerprint density at radius 2 is 2.05 bits per heavy atom. The molecule has 2 heterocycles. The third-order valence-corrected chi connectivity index (χ3v) is 4.84. The van der Waals surface area contributed by atoms with Gasteiger partial charge in [0, 0.05) is 17.6 Å². The first-order valence-corrected chi connectivity index (χ1v) is 7.83. The highest BCUT2D eigenvalue weighted by molar-refractivity contribution is 9.10. The molecular formula is C15H17BrN2O2. The number of fused-ring (bicyclic) bond motifs is 1. The molecule has 2 saturated heterocycles. The minimum atomic E-state index is -0.175. The Morgan fingerprint density at radius 1 is 1.25 bits per heavy atom.